The second-order valence-corrected chi connectivity index (χ2v) is 8.61. The van der Waals surface area contributed by atoms with Crippen LogP contribution in [0.5, 0.6) is 0 Å². The lowest BCUT2D eigenvalue weighted by molar-refractivity contribution is 0.0492. The third-order valence-electron chi connectivity index (χ3n) is 5.79. The molecule has 10 heteroatoms. The first-order chi connectivity index (χ1) is 15.9. The number of ether oxygens (including phenoxy) is 2. The first-order valence-corrected chi connectivity index (χ1v) is 11.4. The topological polar surface area (TPSA) is 89.5 Å². The fourth-order valence-corrected chi connectivity index (χ4v) is 4.22. The molecule has 2 aromatic rings. The van der Waals surface area contributed by atoms with Crippen molar-refractivity contribution in [1.82, 2.24) is 19.9 Å². The number of anilines is 1. The molecule has 2 aromatic heterocycles. The van der Waals surface area contributed by atoms with E-state index in [9.17, 15) is 9.18 Å². The monoisotopic (exact) mass is 475 g/mol. The molecule has 8 nitrogen and oxygen atoms in total. The molecule has 2 saturated heterocycles. The van der Waals surface area contributed by atoms with Crippen LogP contribution in [-0.4, -0.2) is 64.4 Å². The molecule has 4 heterocycles. The van der Waals surface area contributed by atoms with Crippen molar-refractivity contribution in [3.63, 3.8) is 0 Å². The summed E-state index contributed by atoms with van der Waals surface area (Å²) in [7, 11) is 0. The molecule has 0 spiro atoms. The number of piperidine rings is 1. The number of likely N-dealkylation sites (tertiary alicyclic amines) is 1. The number of nitrogens with zero attached hydrogens (tertiary/aromatic N) is 4. The van der Waals surface area contributed by atoms with Gasteiger partial charge in [-0.25, -0.2) is 19.2 Å². The molecular formula is C23H27ClFN5O3. The molecule has 176 valence electrons. The van der Waals surface area contributed by atoms with Crippen molar-refractivity contribution in [3.05, 3.63) is 52.5 Å². The summed E-state index contributed by atoms with van der Waals surface area (Å²) in [6.45, 7) is 5.77. The number of carbonyl (C=O) groups excluding carboxylic acids is 1. The zero-order valence-corrected chi connectivity index (χ0v) is 19.4. The lowest BCUT2D eigenvalue weighted by atomic mass is 10.0. The quantitative estimate of drug-likeness (QED) is 0.692. The van der Waals surface area contributed by atoms with Crippen LogP contribution in [0.4, 0.5) is 15.0 Å². The number of hydrogen-bond donors (Lipinski definition) is 1. The summed E-state index contributed by atoms with van der Waals surface area (Å²) in [6.07, 6.45) is 6.29. The molecule has 33 heavy (non-hydrogen) atoms. The molecule has 2 atom stereocenters. The van der Waals surface area contributed by atoms with E-state index < -0.39 is 5.82 Å². The number of aromatic nitrogens is 3. The number of amides is 1. The van der Waals surface area contributed by atoms with Crippen LogP contribution in [0.1, 0.15) is 43.3 Å². The Balaban J connectivity index is 1.48. The Morgan fingerprint density at radius 2 is 2.21 bits per heavy atom. The summed E-state index contributed by atoms with van der Waals surface area (Å²) in [5.41, 5.74) is 2.26. The Hall–Kier alpha value is -2.78. The van der Waals surface area contributed by atoms with E-state index in [1.807, 2.05) is 19.9 Å². The fraction of sp³-hybridized carbons (Fsp3) is 0.478. The first-order valence-electron chi connectivity index (χ1n) is 11.1. The molecule has 2 fully saturated rings. The Morgan fingerprint density at radius 1 is 1.36 bits per heavy atom. The third kappa shape index (κ3) is 5.59. The van der Waals surface area contributed by atoms with Crippen LogP contribution in [0.15, 0.2) is 24.5 Å². The van der Waals surface area contributed by atoms with Gasteiger partial charge >= 0.3 is 6.09 Å². The molecule has 1 unspecified atom stereocenters. The van der Waals surface area contributed by atoms with Crippen molar-refractivity contribution >= 4 is 29.1 Å². The lowest BCUT2D eigenvalue weighted by Gasteiger charge is -2.33. The van der Waals surface area contributed by atoms with Gasteiger partial charge in [0.25, 0.3) is 0 Å². The van der Waals surface area contributed by atoms with Gasteiger partial charge in [0.15, 0.2) is 17.5 Å². The van der Waals surface area contributed by atoms with Gasteiger partial charge in [0.1, 0.15) is 6.10 Å². The number of allylic oxidation sites excluding steroid dienone is 1. The van der Waals surface area contributed by atoms with Crippen molar-refractivity contribution in [2.75, 3.05) is 31.6 Å². The minimum atomic E-state index is -0.557. The summed E-state index contributed by atoms with van der Waals surface area (Å²) in [5.74, 6) is -0.101. The van der Waals surface area contributed by atoms with E-state index in [2.05, 4.69) is 20.3 Å². The highest BCUT2D eigenvalue weighted by atomic mass is 35.5. The van der Waals surface area contributed by atoms with Gasteiger partial charge < -0.3 is 19.7 Å². The first kappa shape index (κ1) is 23.4. The van der Waals surface area contributed by atoms with E-state index >= 15 is 0 Å². The number of aryl methyl sites for hydroxylation is 1. The van der Waals surface area contributed by atoms with Gasteiger partial charge in [-0.2, -0.15) is 0 Å². The van der Waals surface area contributed by atoms with Crippen LogP contribution in [-0.2, 0) is 9.47 Å². The Morgan fingerprint density at radius 3 is 2.97 bits per heavy atom. The SMILES string of the molecule is C/C=C(/c1ncc(F)c(N[C@H]2CCCN(C(=O)OC3CCOC3)C2)n1)c1cc(Cl)cnc1C. The minimum Gasteiger partial charge on any atom is -0.444 e. The number of rotatable bonds is 5. The molecule has 1 amide bonds. The van der Waals surface area contributed by atoms with E-state index in [0.29, 0.717) is 49.1 Å². The Bertz CT molecular complexity index is 1040. The number of pyridine rings is 1. The number of nitrogens with one attached hydrogen (secondary N) is 1. The van der Waals surface area contributed by atoms with Crippen molar-refractivity contribution in [1.29, 1.82) is 0 Å². The molecule has 0 aromatic carbocycles. The van der Waals surface area contributed by atoms with Gasteiger partial charge in [0.05, 0.1) is 24.4 Å². The van der Waals surface area contributed by atoms with Crippen molar-refractivity contribution < 1.29 is 18.7 Å². The van der Waals surface area contributed by atoms with Crippen LogP contribution in [0.3, 0.4) is 0 Å². The number of hydrogen-bond acceptors (Lipinski definition) is 7. The fourth-order valence-electron chi connectivity index (χ4n) is 4.06. The molecule has 2 aliphatic rings. The molecule has 0 aliphatic carbocycles. The van der Waals surface area contributed by atoms with Crippen LogP contribution in [0.25, 0.3) is 5.57 Å². The maximum atomic E-state index is 14.6. The Kier molecular flexibility index (Phi) is 7.39. The zero-order chi connectivity index (χ0) is 23.4. The van der Waals surface area contributed by atoms with E-state index in [4.69, 9.17) is 21.1 Å². The summed E-state index contributed by atoms with van der Waals surface area (Å²) < 4.78 is 25.4. The predicted octanol–water partition coefficient (Wildman–Crippen LogP) is 4.23. The normalized spacial score (nSPS) is 21.2. The van der Waals surface area contributed by atoms with Crippen molar-refractivity contribution in [2.45, 2.75) is 45.3 Å². The maximum absolute atomic E-state index is 14.6. The predicted molar refractivity (Wildman–Crippen MR) is 123 cm³/mol. The van der Waals surface area contributed by atoms with Gasteiger partial charge in [-0.1, -0.05) is 17.7 Å². The standard InChI is InChI=1S/C23H27ClFN5O3/c1-3-18(19-9-15(24)10-26-14(19)2)21-27-11-20(25)22(29-21)28-16-5-4-7-30(12-16)23(31)33-17-6-8-32-13-17/h3,9-11,16-17H,4-8,12-13H2,1-2H3,(H,27,28,29)/b18-3+/t16-,17?/m0/s1. The molecule has 0 bridgehead atoms. The Labute approximate surface area is 197 Å². The summed E-state index contributed by atoms with van der Waals surface area (Å²) in [4.78, 5) is 27.1. The van der Waals surface area contributed by atoms with Gasteiger partial charge in [0, 0.05) is 48.6 Å². The maximum Gasteiger partial charge on any atom is 0.410 e. The van der Waals surface area contributed by atoms with Gasteiger partial charge in [-0.3, -0.25) is 4.98 Å². The summed E-state index contributed by atoms with van der Waals surface area (Å²) in [5, 5.41) is 3.65. The zero-order valence-electron chi connectivity index (χ0n) is 18.7. The number of carbonyl (C=O) groups is 1. The van der Waals surface area contributed by atoms with Crippen molar-refractivity contribution in [3.8, 4) is 0 Å². The highest BCUT2D eigenvalue weighted by molar-refractivity contribution is 6.30. The van der Waals surface area contributed by atoms with E-state index in [0.717, 1.165) is 30.3 Å². The molecule has 4 rings (SSSR count). The van der Waals surface area contributed by atoms with Gasteiger partial charge in [-0.15, -0.1) is 0 Å². The number of halogens is 2. The van der Waals surface area contributed by atoms with E-state index in [-0.39, 0.29) is 24.1 Å². The minimum absolute atomic E-state index is 0.0939. The van der Waals surface area contributed by atoms with Crippen LogP contribution in [0.2, 0.25) is 5.02 Å². The van der Waals surface area contributed by atoms with Crippen LogP contribution in [0, 0.1) is 12.7 Å². The smallest absolute Gasteiger partial charge is 0.410 e. The lowest BCUT2D eigenvalue weighted by Crippen LogP contribution is -2.46. The van der Waals surface area contributed by atoms with Gasteiger partial charge in [0.2, 0.25) is 0 Å². The molecule has 0 saturated carbocycles. The molecular weight excluding hydrogens is 449 g/mol. The van der Waals surface area contributed by atoms with E-state index in [1.165, 1.54) is 0 Å². The van der Waals surface area contributed by atoms with Gasteiger partial charge in [-0.05, 0) is 32.8 Å². The van der Waals surface area contributed by atoms with Crippen LogP contribution >= 0.6 is 11.6 Å². The van der Waals surface area contributed by atoms with E-state index in [1.54, 1.807) is 17.2 Å². The van der Waals surface area contributed by atoms with Crippen LogP contribution < -0.4 is 5.32 Å². The molecule has 2 aliphatic heterocycles. The summed E-state index contributed by atoms with van der Waals surface area (Å²) >= 11 is 6.13. The summed E-state index contributed by atoms with van der Waals surface area (Å²) in [6, 6.07) is 1.63. The average molecular weight is 476 g/mol. The third-order valence-corrected chi connectivity index (χ3v) is 6.00. The highest BCUT2D eigenvalue weighted by Crippen LogP contribution is 2.27. The highest BCUT2D eigenvalue weighted by Gasteiger charge is 2.29. The molecule has 1 N–H and O–H groups in total. The average Bonchev–Trinajstić information content (AvgIpc) is 3.32. The second kappa shape index (κ2) is 10.4. The second-order valence-electron chi connectivity index (χ2n) is 8.18. The largest absolute Gasteiger partial charge is 0.444 e. The molecule has 0 radical (unpaired) electrons. The van der Waals surface area contributed by atoms with Crippen molar-refractivity contribution in [2.24, 2.45) is 0 Å².